The third-order valence-corrected chi connectivity index (χ3v) is 4.45. The Morgan fingerprint density at radius 1 is 1.35 bits per heavy atom. The second-order valence-electron chi connectivity index (χ2n) is 5.18. The minimum absolute atomic E-state index is 0.466. The van der Waals surface area contributed by atoms with Gasteiger partial charge in [-0.1, -0.05) is 18.5 Å². The Bertz CT molecular complexity index is 589. The van der Waals surface area contributed by atoms with Crippen molar-refractivity contribution in [2.24, 2.45) is 4.99 Å². The van der Waals surface area contributed by atoms with Gasteiger partial charge < -0.3 is 9.47 Å². The van der Waals surface area contributed by atoms with E-state index in [1.807, 2.05) is 6.07 Å². The fourth-order valence-electron chi connectivity index (χ4n) is 3.03. The van der Waals surface area contributed by atoms with Gasteiger partial charge in [-0.05, 0) is 37.3 Å². The number of nitrogens with zero attached hydrogens (tertiary/aromatic N) is 1. The van der Waals surface area contributed by atoms with Gasteiger partial charge in [-0.15, -0.1) is 0 Å². The standard InChI is InChI=1S/C15H16ClNO3/c1-2-10-11(15(17-9-18)4-3-5-15)8-12(16)14-13(10)19-6-7-20-14/h8H,2-7H2,1H3. The Kier molecular flexibility index (Phi) is 3.45. The molecular weight excluding hydrogens is 278 g/mol. The van der Waals surface area contributed by atoms with Gasteiger partial charge in [0.25, 0.3) is 0 Å². The number of ether oxygens (including phenoxy) is 2. The molecule has 1 aliphatic heterocycles. The van der Waals surface area contributed by atoms with Gasteiger partial charge in [0.05, 0.1) is 10.6 Å². The molecule has 1 aliphatic carbocycles. The topological polar surface area (TPSA) is 47.9 Å². The van der Waals surface area contributed by atoms with Gasteiger partial charge >= 0.3 is 0 Å². The second kappa shape index (κ2) is 5.12. The van der Waals surface area contributed by atoms with Crippen molar-refractivity contribution < 1.29 is 14.3 Å². The molecular formula is C15H16ClNO3. The lowest BCUT2D eigenvalue weighted by Crippen LogP contribution is -2.33. The molecule has 0 N–H and O–H groups in total. The fraction of sp³-hybridized carbons (Fsp3) is 0.533. The Morgan fingerprint density at radius 2 is 2.05 bits per heavy atom. The first kappa shape index (κ1) is 13.5. The first-order chi connectivity index (χ1) is 9.72. The van der Waals surface area contributed by atoms with Gasteiger partial charge in [-0.3, -0.25) is 0 Å². The summed E-state index contributed by atoms with van der Waals surface area (Å²) in [6.45, 7) is 3.08. The summed E-state index contributed by atoms with van der Waals surface area (Å²) in [5.41, 5.74) is 1.57. The van der Waals surface area contributed by atoms with Gasteiger partial charge in [0.1, 0.15) is 13.2 Å². The Morgan fingerprint density at radius 3 is 2.60 bits per heavy atom. The van der Waals surface area contributed by atoms with E-state index in [-0.39, 0.29) is 0 Å². The van der Waals surface area contributed by atoms with Crippen molar-refractivity contribution >= 4 is 17.7 Å². The molecule has 1 fully saturated rings. The van der Waals surface area contributed by atoms with E-state index in [4.69, 9.17) is 21.1 Å². The highest BCUT2D eigenvalue weighted by atomic mass is 35.5. The highest BCUT2D eigenvalue weighted by Gasteiger charge is 2.42. The number of benzene rings is 1. The number of aliphatic imine (C=N–C) groups is 1. The van der Waals surface area contributed by atoms with Crippen LogP contribution in [0.3, 0.4) is 0 Å². The van der Waals surface area contributed by atoms with Crippen molar-refractivity contribution in [2.45, 2.75) is 38.1 Å². The van der Waals surface area contributed by atoms with Crippen LogP contribution in [-0.2, 0) is 16.8 Å². The highest BCUT2D eigenvalue weighted by molar-refractivity contribution is 6.32. The van der Waals surface area contributed by atoms with Crippen molar-refractivity contribution in [3.8, 4) is 11.5 Å². The maximum absolute atomic E-state index is 10.8. The van der Waals surface area contributed by atoms with Crippen LogP contribution in [0.1, 0.15) is 37.3 Å². The Labute approximate surface area is 122 Å². The monoisotopic (exact) mass is 293 g/mol. The third-order valence-electron chi connectivity index (χ3n) is 4.16. The number of hydrogen-bond donors (Lipinski definition) is 0. The SMILES string of the molecule is CCc1c(C2(N=C=O)CCC2)cc(Cl)c2c1OCCO2. The molecule has 1 aromatic carbocycles. The van der Waals surface area contributed by atoms with Crippen LogP contribution in [0.4, 0.5) is 0 Å². The third kappa shape index (κ3) is 1.91. The summed E-state index contributed by atoms with van der Waals surface area (Å²) < 4.78 is 11.4. The predicted molar refractivity (Wildman–Crippen MR) is 75.5 cm³/mol. The Balaban J connectivity index is 2.20. The minimum Gasteiger partial charge on any atom is -0.486 e. The number of halogens is 1. The molecule has 0 saturated heterocycles. The van der Waals surface area contributed by atoms with Crippen molar-refractivity contribution in [1.29, 1.82) is 0 Å². The van der Waals surface area contributed by atoms with Gasteiger partial charge in [0.15, 0.2) is 11.5 Å². The molecule has 106 valence electrons. The summed E-state index contributed by atoms with van der Waals surface area (Å²) in [6.07, 6.45) is 5.27. The summed E-state index contributed by atoms with van der Waals surface area (Å²) in [7, 11) is 0. The molecule has 0 unspecified atom stereocenters. The average molecular weight is 294 g/mol. The molecule has 3 rings (SSSR count). The van der Waals surface area contributed by atoms with Crippen LogP contribution in [0.2, 0.25) is 5.02 Å². The zero-order valence-electron chi connectivity index (χ0n) is 11.4. The molecule has 0 amide bonds. The van der Waals surface area contributed by atoms with Crippen molar-refractivity contribution in [1.82, 2.24) is 0 Å². The quantitative estimate of drug-likeness (QED) is 0.634. The maximum Gasteiger partial charge on any atom is 0.235 e. The van der Waals surface area contributed by atoms with E-state index in [9.17, 15) is 4.79 Å². The lowest BCUT2D eigenvalue weighted by molar-refractivity contribution is 0.168. The molecule has 5 heteroatoms. The lowest BCUT2D eigenvalue weighted by Gasteiger charge is -2.39. The smallest absolute Gasteiger partial charge is 0.235 e. The van der Waals surface area contributed by atoms with Gasteiger partial charge in [0.2, 0.25) is 6.08 Å². The van der Waals surface area contributed by atoms with Crippen LogP contribution in [-0.4, -0.2) is 19.3 Å². The molecule has 0 aromatic heterocycles. The number of fused-ring (bicyclic) bond motifs is 1. The lowest BCUT2D eigenvalue weighted by atomic mass is 9.70. The number of hydrogen-bond acceptors (Lipinski definition) is 4. The van der Waals surface area contributed by atoms with E-state index in [0.717, 1.165) is 36.8 Å². The molecule has 2 aliphatic rings. The van der Waals surface area contributed by atoms with E-state index >= 15 is 0 Å². The zero-order chi connectivity index (χ0) is 14.2. The van der Waals surface area contributed by atoms with Crippen LogP contribution in [0.15, 0.2) is 11.1 Å². The highest BCUT2D eigenvalue weighted by Crippen LogP contribution is 2.51. The minimum atomic E-state index is -0.466. The van der Waals surface area contributed by atoms with Crippen molar-refractivity contribution in [2.75, 3.05) is 13.2 Å². The van der Waals surface area contributed by atoms with Crippen molar-refractivity contribution in [3.63, 3.8) is 0 Å². The second-order valence-corrected chi connectivity index (χ2v) is 5.59. The van der Waals surface area contributed by atoms with Crippen molar-refractivity contribution in [3.05, 3.63) is 22.2 Å². The van der Waals surface area contributed by atoms with Crippen LogP contribution >= 0.6 is 11.6 Å². The molecule has 1 heterocycles. The average Bonchev–Trinajstić information content (AvgIpc) is 2.43. The maximum atomic E-state index is 10.8. The predicted octanol–water partition coefficient (Wildman–Crippen LogP) is 3.39. The normalized spacial score (nSPS) is 18.9. The summed E-state index contributed by atoms with van der Waals surface area (Å²) >= 11 is 6.32. The molecule has 0 bridgehead atoms. The van der Waals surface area contributed by atoms with Crippen LogP contribution < -0.4 is 9.47 Å². The molecule has 1 aromatic rings. The van der Waals surface area contributed by atoms with E-state index in [1.54, 1.807) is 6.08 Å². The molecule has 20 heavy (non-hydrogen) atoms. The van der Waals surface area contributed by atoms with Gasteiger partial charge in [-0.25, -0.2) is 4.79 Å². The van der Waals surface area contributed by atoms with E-state index in [1.165, 1.54) is 0 Å². The van der Waals surface area contributed by atoms with Gasteiger partial charge in [-0.2, -0.15) is 4.99 Å². The number of rotatable bonds is 3. The van der Waals surface area contributed by atoms with Crippen LogP contribution in [0.5, 0.6) is 11.5 Å². The fourth-order valence-corrected chi connectivity index (χ4v) is 3.28. The summed E-state index contributed by atoms with van der Waals surface area (Å²) in [4.78, 5) is 14.8. The molecule has 0 radical (unpaired) electrons. The summed E-state index contributed by atoms with van der Waals surface area (Å²) in [5, 5.41) is 0.527. The number of carbonyl (C=O) groups excluding carboxylic acids is 1. The van der Waals surface area contributed by atoms with Crippen LogP contribution in [0.25, 0.3) is 0 Å². The van der Waals surface area contributed by atoms with Gasteiger partial charge in [0, 0.05) is 5.56 Å². The zero-order valence-corrected chi connectivity index (χ0v) is 12.1. The molecule has 1 saturated carbocycles. The van der Waals surface area contributed by atoms with E-state index in [2.05, 4.69) is 11.9 Å². The first-order valence-electron chi connectivity index (χ1n) is 6.92. The first-order valence-corrected chi connectivity index (χ1v) is 7.30. The van der Waals surface area contributed by atoms with E-state index < -0.39 is 5.54 Å². The largest absolute Gasteiger partial charge is 0.486 e. The van der Waals surface area contributed by atoms with E-state index in [0.29, 0.717) is 29.7 Å². The molecule has 4 nitrogen and oxygen atoms in total. The summed E-state index contributed by atoms with van der Waals surface area (Å²) in [6, 6.07) is 1.88. The summed E-state index contributed by atoms with van der Waals surface area (Å²) in [5.74, 6) is 1.33. The molecule has 0 atom stereocenters. The molecule has 0 spiro atoms. The van der Waals surface area contributed by atoms with Crippen LogP contribution in [0, 0.1) is 0 Å². The number of isocyanates is 1. The Hall–Kier alpha value is -1.51.